The maximum Gasteiger partial charge on any atom is 0.242 e. The molecule has 0 aliphatic carbocycles. The normalized spacial score (nSPS) is 19.1. The van der Waals surface area contributed by atoms with Crippen LogP contribution in [0.1, 0.15) is 24.5 Å². The second-order valence-corrected chi connectivity index (χ2v) is 4.29. The topological polar surface area (TPSA) is 79.5 Å². The number of carbonyl (C=O) groups is 1. The van der Waals surface area contributed by atoms with Crippen LogP contribution in [0, 0.1) is 0 Å². The first-order valence-corrected chi connectivity index (χ1v) is 5.82. The van der Waals surface area contributed by atoms with Gasteiger partial charge >= 0.3 is 0 Å². The average Bonchev–Trinajstić information content (AvgIpc) is 2.91. The maximum absolute atomic E-state index is 12.0. The fourth-order valence-electron chi connectivity index (χ4n) is 2.04. The van der Waals surface area contributed by atoms with E-state index in [1.807, 2.05) is 0 Å². The summed E-state index contributed by atoms with van der Waals surface area (Å²) in [6.07, 6.45) is 4.19. The van der Waals surface area contributed by atoms with Crippen molar-refractivity contribution in [1.29, 1.82) is 0 Å². The molecule has 0 unspecified atom stereocenters. The molecular formula is C12H17N3O2. The van der Waals surface area contributed by atoms with Gasteiger partial charge in [-0.3, -0.25) is 9.78 Å². The molecule has 0 spiro atoms. The molecule has 0 saturated carbocycles. The van der Waals surface area contributed by atoms with Gasteiger partial charge in [0.1, 0.15) is 12.1 Å². The Hall–Kier alpha value is -1.46. The smallest absolute Gasteiger partial charge is 0.242 e. The Bertz CT molecular complexity index is 377. The zero-order valence-electron chi connectivity index (χ0n) is 9.62. The number of aromatic nitrogens is 1. The van der Waals surface area contributed by atoms with Crippen molar-refractivity contribution in [2.45, 2.75) is 25.0 Å². The van der Waals surface area contributed by atoms with E-state index in [1.54, 1.807) is 23.2 Å². The molecular weight excluding hydrogens is 218 g/mol. The third kappa shape index (κ3) is 2.62. The standard InChI is InChI=1S/C12H17N3O2/c13-10(12(17)15-6-1-2-7-15)11(16)9-4-3-5-14-8-9/h3-5,8,10-11,16H,1-2,6-7,13H2/t10-,11+/m1/s1. The summed E-state index contributed by atoms with van der Waals surface area (Å²) < 4.78 is 0. The molecule has 0 radical (unpaired) electrons. The summed E-state index contributed by atoms with van der Waals surface area (Å²) in [5.41, 5.74) is 6.38. The number of rotatable bonds is 3. The number of hydrogen-bond acceptors (Lipinski definition) is 4. The molecule has 1 aliphatic rings. The second-order valence-electron chi connectivity index (χ2n) is 4.29. The third-order valence-corrected chi connectivity index (χ3v) is 3.07. The van der Waals surface area contributed by atoms with Crippen LogP contribution in [0.15, 0.2) is 24.5 Å². The van der Waals surface area contributed by atoms with Crippen LogP contribution in [0.3, 0.4) is 0 Å². The molecule has 1 fully saturated rings. The Morgan fingerprint density at radius 1 is 1.47 bits per heavy atom. The fourth-order valence-corrected chi connectivity index (χ4v) is 2.04. The molecule has 17 heavy (non-hydrogen) atoms. The predicted octanol–water partition coefficient (Wildman–Crippen LogP) is 0.0647. The lowest BCUT2D eigenvalue weighted by Gasteiger charge is -2.23. The largest absolute Gasteiger partial charge is 0.386 e. The second kappa shape index (κ2) is 5.25. The van der Waals surface area contributed by atoms with Crippen molar-refractivity contribution in [2.75, 3.05) is 13.1 Å². The van der Waals surface area contributed by atoms with E-state index in [0.717, 1.165) is 25.9 Å². The minimum Gasteiger partial charge on any atom is -0.386 e. The molecule has 1 amide bonds. The van der Waals surface area contributed by atoms with Gasteiger partial charge in [0.2, 0.25) is 5.91 Å². The summed E-state index contributed by atoms with van der Waals surface area (Å²) in [5, 5.41) is 10.0. The van der Waals surface area contributed by atoms with E-state index in [4.69, 9.17) is 5.73 Å². The molecule has 1 saturated heterocycles. The first kappa shape index (κ1) is 12.0. The number of nitrogens with zero attached hydrogens (tertiary/aromatic N) is 2. The van der Waals surface area contributed by atoms with Crippen molar-refractivity contribution in [3.8, 4) is 0 Å². The van der Waals surface area contributed by atoms with E-state index in [-0.39, 0.29) is 5.91 Å². The van der Waals surface area contributed by atoms with Crippen LogP contribution >= 0.6 is 0 Å². The van der Waals surface area contributed by atoms with Crippen molar-refractivity contribution in [2.24, 2.45) is 5.73 Å². The quantitative estimate of drug-likeness (QED) is 0.776. The highest BCUT2D eigenvalue weighted by Crippen LogP contribution is 2.17. The molecule has 5 nitrogen and oxygen atoms in total. The lowest BCUT2D eigenvalue weighted by Crippen LogP contribution is -2.45. The van der Waals surface area contributed by atoms with Gasteiger partial charge in [-0.25, -0.2) is 0 Å². The Morgan fingerprint density at radius 3 is 2.76 bits per heavy atom. The van der Waals surface area contributed by atoms with Gasteiger partial charge in [-0.2, -0.15) is 0 Å². The Labute approximate surface area is 100 Å². The summed E-state index contributed by atoms with van der Waals surface area (Å²) in [4.78, 5) is 17.6. The van der Waals surface area contributed by atoms with Crippen LogP contribution in [0.4, 0.5) is 0 Å². The van der Waals surface area contributed by atoms with E-state index in [9.17, 15) is 9.90 Å². The van der Waals surface area contributed by atoms with Crippen LogP contribution in [0.25, 0.3) is 0 Å². The highest BCUT2D eigenvalue weighted by Gasteiger charge is 2.29. The zero-order valence-corrected chi connectivity index (χ0v) is 9.62. The lowest BCUT2D eigenvalue weighted by atomic mass is 10.0. The molecule has 2 rings (SSSR count). The molecule has 1 aromatic heterocycles. The number of likely N-dealkylation sites (tertiary alicyclic amines) is 1. The molecule has 2 heterocycles. The van der Waals surface area contributed by atoms with E-state index in [1.165, 1.54) is 6.20 Å². The predicted molar refractivity (Wildman–Crippen MR) is 63.0 cm³/mol. The van der Waals surface area contributed by atoms with Crippen molar-refractivity contribution in [3.63, 3.8) is 0 Å². The summed E-state index contributed by atoms with van der Waals surface area (Å²) >= 11 is 0. The number of aliphatic hydroxyl groups is 1. The van der Waals surface area contributed by atoms with Crippen molar-refractivity contribution in [1.82, 2.24) is 9.88 Å². The number of hydrogen-bond donors (Lipinski definition) is 2. The summed E-state index contributed by atoms with van der Waals surface area (Å²) in [6.45, 7) is 1.48. The maximum atomic E-state index is 12.0. The van der Waals surface area contributed by atoms with E-state index >= 15 is 0 Å². The number of aliphatic hydroxyl groups excluding tert-OH is 1. The van der Waals surface area contributed by atoms with E-state index in [0.29, 0.717) is 5.56 Å². The molecule has 1 aromatic rings. The van der Waals surface area contributed by atoms with Gasteiger partial charge < -0.3 is 15.7 Å². The summed E-state index contributed by atoms with van der Waals surface area (Å²) in [6, 6.07) is 2.53. The molecule has 0 bridgehead atoms. The number of amides is 1. The average molecular weight is 235 g/mol. The van der Waals surface area contributed by atoms with Gasteiger partial charge in [0.25, 0.3) is 0 Å². The number of pyridine rings is 1. The minimum atomic E-state index is -0.989. The van der Waals surface area contributed by atoms with Gasteiger partial charge in [-0.1, -0.05) is 6.07 Å². The number of carbonyl (C=O) groups excluding carboxylic acids is 1. The van der Waals surface area contributed by atoms with Gasteiger partial charge in [-0.15, -0.1) is 0 Å². The van der Waals surface area contributed by atoms with Crippen LogP contribution in [0.5, 0.6) is 0 Å². The molecule has 2 atom stereocenters. The molecule has 1 aliphatic heterocycles. The van der Waals surface area contributed by atoms with Crippen LogP contribution < -0.4 is 5.73 Å². The van der Waals surface area contributed by atoms with Gasteiger partial charge in [0.15, 0.2) is 0 Å². The number of nitrogens with two attached hydrogens (primary N) is 1. The summed E-state index contributed by atoms with van der Waals surface area (Å²) in [7, 11) is 0. The van der Waals surface area contributed by atoms with E-state index in [2.05, 4.69) is 4.98 Å². The summed E-state index contributed by atoms with van der Waals surface area (Å²) in [5.74, 6) is -0.182. The first-order chi connectivity index (χ1) is 8.20. The van der Waals surface area contributed by atoms with Crippen molar-refractivity contribution in [3.05, 3.63) is 30.1 Å². The van der Waals surface area contributed by atoms with E-state index < -0.39 is 12.1 Å². The third-order valence-electron chi connectivity index (χ3n) is 3.07. The van der Waals surface area contributed by atoms with Crippen LogP contribution in [0.2, 0.25) is 0 Å². The van der Waals surface area contributed by atoms with Crippen LogP contribution in [-0.4, -0.2) is 40.0 Å². The zero-order chi connectivity index (χ0) is 12.3. The van der Waals surface area contributed by atoms with Gasteiger partial charge in [0, 0.05) is 31.0 Å². The van der Waals surface area contributed by atoms with Crippen molar-refractivity contribution < 1.29 is 9.90 Å². The highest BCUT2D eigenvalue weighted by molar-refractivity contribution is 5.82. The SMILES string of the molecule is N[C@@H](C(=O)N1CCCC1)[C@@H](O)c1cccnc1. The Morgan fingerprint density at radius 2 is 2.18 bits per heavy atom. The molecule has 0 aromatic carbocycles. The molecule has 92 valence electrons. The van der Waals surface area contributed by atoms with Crippen LogP contribution in [-0.2, 0) is 4.79 Å². The minimum absolute atomic E-state index is 0.182. The molecule has 5 heteroatoms. The monoisotopic (exact) mass is 235 g/mol. The van der Waals surface area contributed by atoms with Gasteiger partial charge in [-0.05, 0) is 18.9 Å². The first-order valence-electron chi connectivity index (χ1n) is 5.82. The van der Waals surface area contributed by atoms with Crippen molar-refractivity contribution >= 4 is 5.91 Å². The molecule has 3 N–H and O–H groups in total. The fraction of sp³-hybridized carbons (Fsp3) is 0.500. The Balaban J connectivity index is 2.04. The highest BCUT2D eigenvalue weighted by atomic mass is 16.3. The lowest BCUT2D eigenvalue weighted by molar-refractivity contribution is -0.134. The van der Waals surface area contributed by atoms with Gasteiger partial charge in [0.05, 0.1) is 0 Å². The Kier molecular flexibility index (Phi) is 3.71.